The Labute approximate surface area is 98.3 Å². The number of carbonyl (C=O) groups excluding carboxylic acids is 1. The molecule has 0 saturated carbocycles. The van der Waals surface area contributed by atoms with Gasteiger partial charge in [-0.15, -0.1) is 0 Å². The van der Waals surface area contributed by atoms with Gasteiger partial charge in [-0.05, 0) is 19.1 Å². The molecule has 0 aliphatic carbocycles. The molecule has 17 heavy (non-hydrogen) atoms. The molecule has 1 rings (SSSR count). The number of rotatable bonds is 5. The van der Waals surface area contributed by atoms with Crippen molar-refractivity contribution in [1.29, 1.82) is 0 Å². The first kappa shape index (κ1) is 13.1. The number of nitrogens with one attached hydrogen (secondary N) is 1. The average molecular weight is 238 g/mol. The van der Waals surface area contributed by atoms with E-state index < -0.39 is 12.1 Å². The number of aromatic nitrogens is 1. The lowest BCUT2D eigenvalue weighted by atomic mass is 10.2. The van der Waals surface area contributed by atoms with E-state index in [0.29, 0.717) is 0 Å². The Morgan fingerprint density at radius 1 is 1.47 bits per heavy atom. The van der Waals surface area contributed by atoms with Gasteiger partial charge in [-0.2, -0.15) is 0 Å². The number of aryl methyl sites for hydroxylation is 1. The van der Waals surface area contributed by atoms with Gasteiger partial charge in [-0.1, -0.05) is 6.07 Å². The van der Waals surface area contributed by atoms with Crippen molar-refractivity contribution in [3.63, 3.8) is 0 Å². The van der Waals surface area contributed by atoms with E-state index in [1.807, 2.05) is 0 Å². The molecule has 0 bridgehead atoms. The Hall–Kier alpha value is -1.95. The number of aliphatic hydroxyl groups is 1. The van der Waals surface area contributed by atoms with E-state index in [1.165, 1.54) is 0 Å². The van der Waals surface area contributed by atoms with E-state index in [1.54, 1.807) is 25.1 Å². The Kier molecular flexibility index (Phi) is 4.59. The van der Waals surface area contributed by atoms with Crippen molar-refractivity contribution in [2.45, 2.75) is 19.4 Å². The Bertz CT molecular complexity index is 420. The molecule has 0 fully saturated rings. The van der Waals surface area contributed by atoms with Crippen LogP contribution in [0.1, 0.15) is 22.6 Å². The summed E-state index contributed by atoms with van der Waals surface area (Å²) in [6.45, 7) is 1.85. The Morgan fingerprint density at radius 3 is 2.76 bits per heavy atom. The second kappa shape index (κ2) is 5.95. The number of aliphatic hydroxyl groups excluding tert-OH is 1. The van der Waals surface area contributed by atoms with Crippen LogP contribution in [0.5, 0.6) is 0 Å². The van der Waals surface area contributed by atoms with Crippen LogP contribution in [0.15, 0.2) is 18.2 Å². The van der Waals surface area contributed by atoms with Crippen molar-refractivity contribution in [3.05, 3.63) is 29.6 Å². The van der Waals surface area contributed by atoms with E-state index in [0.717, 1.165) is 5.69 Å². The number of aliphatic carboxylic acids is 1. The highest BCUT2D eigenvalue weighted by molar-refractivity contribution is 5.92. The van der Waals surface area contributed by atoms with Crippen LogP contribution < -0.4 is 5.32 Å². The second-order valence-corrected chi connectivity index (χ2v) is 3.56. The van der Waals surface area contributed by atoms with Gasteiger partial charge in [0.25, 0.3) is 5.91 Å². The van der Waals surface area contributed by atoms with Gasteiger partial charge < -0.3 is 15.5 Å². The van der Waals surface area contributed by atoms with Crippen molar-refractivity contribution < 1.29 is 19.8 Å². The highest BCUT2D eigenvalue weighted by atomic mass is 16.4. The van der Waals surface area contributed by atoms with E-state index in [4.69, 9.17) is 10.2 Å². The molecule has 1 aromatic rings. The topological polar surface area (TPSA) is 99.5 Å². The zero-order valence-corrected chi connectivity index (χ0v) is 9.38. The molecule has 1 unspecified atom stereocenters. The van der Waals surface area contributed by atoms with Gasteiger partial charge in [0.15, 0.2) is 6.10 Å². The smallest absolute Gasteiger partial charge is 0.332 e. The van der Waals surface area contributed by atoms with E-state index in [-0.39, 0.29) is 24.6 Å². The minimum absolute atomic E-state index is 0.0348. The van der Waals surface area contributed by atoms with Gasteiger partial charge in [-0.3, -0.25) is 4.79 Å². The molecule has 1 atom stereocenters. The monoisotopic (exact) mass is 238 g/mol. The molecule has 0 saturated heterocycles. The average Bonchev–Trinajstić information content (AvgIpc) is 2.28. The molecule has 1 aromatic heterocycles. The quantitative estimate of drug-likeness (QED) is 0.668. The van der Waals surface area contributed by atoms with Crippen LogP contribution in [0, 0.1) is 6.92 Å². The molecular weight excluding hydrogens is 224 g/mol. The van der Waals surface area contributed by atoms with Crippen LogP contribution in [-0.4, -0.2) is 39.7 Å². The van der Waals surface area contributed by atoms with Crippen molar-refractivity contribution >= 4 is 11.9 Å². The SMILES string of the molecule is Cc1cccc(C(=O)NCCC(O)C(=O)O)n1. The third-order valence-electron chi connectivity index (χ3n) is 2.11. The van der Waals surface area contributed by atoms with Crippen LogP contribution in [0.25, 0.3) is 0 Å². The molecule has 0 radical (unpaired) electrons. The molecule has 1 heterocycles. The molecule has 0 aromatic carbocycles. The molecule has 6 heteroatoms. The summed E-state index contributed by atoms with van der Waals surface area (Å²) in [5, 5.41) is 19.9. The van der Waals surface area contributed by atoms with Crippen molar-refractivity contribution in [2.24, 2.45) is 0 Å². The van der Waals surface area contributed by atoms with Crippen LogP contribution in [-0.2, 0) is 4.79 Å². The number of hydrogen-bond acceptors (Lipinski definition) is 4. The Morgan fingerprint density at radius 2 is 2.18 bits per heavy atom. The van der Waals surface area contributed by atoms with Crippen molar-refractivity contribution in [1.82, 2.24) is 10.3 Å². The van der Waals surface area contributed by atoms with Crippen LogP contribution >= 0.6 is 0 Å². The first-order chi connectivity index (χ1) is 8.00. The van der Waals surface area contributed by atoms with Crippen molar-refractivity contribution in [2.75, 3.05) is 6.54 Å². The first-order valence-electron chi connectivity index (χ1n) is 5.13. The number of carboxylic acids is 1. The Balaban J connectivity index is 2.43. The predicted octanol–water partition coefficient (Wildman–Crippen LogP) is -0.0446. The summed E-state index contributed by atoms with van der Waals surface area (Å²) in [5.74, 6) is -1.68. The minimum Gasteiger partial charge on any atom is -0.479 e. The van der Waals surface area contributed by atoms with E-state index in [9.17, 15) is 9.59 Å². The zero-order chi connectivity index (χ0) is 12.8. The molecule has 0 spiro atoms. The predicted molar refractivity (Wildman–Crippen MR) is 59.6 cm³/mol. The molecule has 1 amide bonds. The summed E-state index contributed by atoms with van der Waals surface area (Å²) in [7, 11) is 0. The van der Waals surface area contributed by atoms with E-state index in [2.05, 4.69) is 10.3 Å². The summed E-state index contributed by atoms with van der Waals surface area (Å²) >= 11 is 0. The summed E-state index contributed by atoms with van der Waals surface area (Å²) in [5.41, 5.74) is 0.998. The maximum atomic E-state index is 11.5. The molecule has 0 aliphatic rings. The van der Waals surface area contributed by atoms with Crippen molar-refractivity contribution in [3.8, 4) is 0 Å². The molecular formula is C11H14N2O4. The number of nitrogens with zero attached hydrogens (tertiary/aromatic N) is 1. The first-order valence-corrected chi connectivity index (χ1v) is 5.13. The number of pyridine rings is 1. The number of hydrogen-bond donors (Lipinski definition) is 3. The highest BCUT2D eigenvalue weighted by Gasteiger charge is 2.13. The standard InChI is InChI=1S/C11H14N2O4/c1-7-3-2-4-8(13-7)10(15)12-6-5-9(14)11(16)17/h2-4,9,14H,5-6H2,1H3,(H,12,15)(H,16,17). The van der Waals surface area contributed by atoms with Crippen LogP contribution in [0.2, 0.25) is 0 Å². The van der Waals surface area contributed by atoms with E-state index >= 15 is 0 Å². The molecule has 92 valence electrons. The zero-order valence-electron chi connectivity index (χ0n) is 9.38. The normalized spacial score (nSPS) is 11.9. The molecule has 0 aliphatic heterocycles. The summed E-state index contributed by atoms with van der Waals surface area (Å²) in [6.07, 6.45) is -1.49. The maximum absolute atomic E-state index is 11.5. The second-order valence-electron chi connectivity index (χ2n) is 3.56. The maximum Gasteiger partial charge on any atom is 0.332 e. The lowest BCUT2D eigenvalue weighted by Gasteiger charge is -2.07. The van der Waals surface area contributed by atoms with Gasteiger partial charge in [0.05, 0.1) is 0 Å². The van der Waals surface area contributed by atoms with Crippen LogP contribution in [0.4, 0.5) is 0 Å². The summed E-state index contributed by atoms with van der Waals surface area (Å²) in [6, 6.07) is 5.05. The third-order valence-corrected chi connectivity index (χ3v) is 2.11. The van der Waals surface area contributed by atoms with Gasteiger partial charge in [0.2, 0.25) is 0 Å². The number of amides is 1. The fourth-order valence-electron chi connectivity index (χ4n) is 1.21. The van der Waals surface area contributed by atoms with Gasteiger partial charge in [-0.25, -0.2) is 9.78 Å². The summed E-state index contributed by atoms with van der Waals surface area (Å²) in [4.78, 5) is 25.9. The third kappa shape index (κ3) is 4.20. The van der Waals surface area contributed by atoms with Gasteiger partial charge in [0, 0.05) is 18.7 Å². The van der Waals surface area contributed by atoms with Gasteiger partial charge >= 0.3 is 5.97 Å². The van der Waals surface area contributed by atoms with Gasteiger partial charge in [0.1, 0.15) is 5.69 Å². The highest BCUT2D eigenvalue weighted by Crippen LogP contribution is 1.98. The minimum atomic E-state index is -1.46. The molecule has 3 N–H and O–H groups in total. The largest absolute Gasteiger partial charge is 0.479 e. The summed E-state index contributed by atoms with van der Waals surface area (Å²) < 4.78 is 0. The number of carbonyl (C=O) groups is 2. The molecule has 6 nitrogen and oxygen atoms in total. The fraction of sp³-hybridized carbons (Fsp3) is 0.364. The van der Waals surface area contributed by atoms with Crippen LogP contribution in [0.3, 0.4) is 0 Å². The fourth-order valence-corrected chi connectivity index (χ4v) is 1.21. The number of carboxylic acid groups (broad SMARTS) is 1. The lowest BCUT2D eigenvalue weighted by Crippen LogP contribution is -2.30. The lowest BCUT2D eigenvalue weighted by molar-refractivity contribution is -0.146.